The average molecular weight is 512 g/mol. The number of likely N-dealkylation sites (N-methyl/N-ethyl adjacent to an activating group) is 1. The Morgan fingerprint density at radius 1 is 1.19 bits per heavy atom. The molecule has 1 atom stereocenters. The second-order valence-corrected chi connectivity index (χ2v) is 9.31. The molecule has 2 heterocycles. The highest BCUT2D eigenvalue weighted by Gasteiger charge is 2.17. The number of carbonyl (C=O) groups excluding carboxylic acids is 1. The van der Waals surface area contributed by atoms with Gasteiger partial charge in [-0.05, 0) is 48.5 Å². The van der Waals surface area contributed by atoms with E-state index in [2.05, 4.69) is 5.32 Å². The molecule has 1 amide bonds. The van der Waals surface area contributed by atoms with Crippen molar-refractivity contribution < 1.29 is 18.7 Å². The number of benzene rings is 2. The van der Waals surface area contributed by atoms with E-state index in [1.165, 1.54) is 12.1 Å². The molecule has 2 aromatic carbocycles. The lowest BCUT2D eigenvalue weighted by atomic mass is 10.1. The van der Waals surface area contributed by atoms with Crippen LogP contribution in [0, 0.1) is 5.82 Å². The van der Waals surface area contributed by atoms with Crippen LogP contribution in [0.15, 0.2) is 70.0 Å². The Kier molecular flexibility index (Phi) is 7.88. The van der Waals surface area contributed by atoms with Crippen molar-refractivity contribution in [1.82, 2.24) is 14.8 Å². The Morgan fingerprint density at radius 2 is 1.89 bits per heavy atom. The van der Waals surface area contributed by atoms with Gasteiger partial charge in [0.25, 0.3) is 0 Å². The Hall–Kier alpha value is -3.46. The summed E-state index contributed by atoms with van der Waals surface area (Å²) in [6.45, 7) is 0.978. The Morgan fingerprint density at radius 3 is 2.58 bits per heavy atom. The van der Waals surface area contributed by atoms with Gasteiger partial charge in [-0.1, -0.05) is 35.9 Å². The summed E-state index contributed by atoms with van der Waals surface area (Å²) in [6, 6.07) is 14.6. The van der Waals surface area contributed by atoms with Crippen molar-refractivity contribution in [3.63, 3.8) is 0 Å². The number of aromatic nitrogens is 1. The number of rotatable bonds is 9. The number of pyridine rings is 1. The highest BCUT2D eigenvalue weighted by Crippen LogP contribution is 2.20. The third-order valence-electron chi connectivity index (χ3n) is 5.89. The molecule has 4 rings (SSSR count). The summed E-state index contributed by atoms with van der Waals surface area (Å²) in [5.74, 6) is -0.0725. The number of nitrogens with one attached hydrogen (secondary N) is 1. The summed E-state index contributed by atoms with van der Waals surface area (Å²) >= 11 is 5.89. The average Bonchev–Trinajstić information content (AvgIpc) is 3.27. The van der Waals surface area contributed by atoms with Gasteiger partial charge in [0.2, 0.25) is 11.6 Å². The zero-order chi connectivity index (χ0) is 25.8. The molecule has 0 aliphatic carbocycles. The lowest BCUT2D eigenvalue weighted by Crippen LogP contribution is -2.27. The summed E-state index contributed by atoms with van der Waals surface area (Å²) in [4.78, 5) is 27.4. The number of aryl methyl sites for hydroxylation is 1. The van der Waals surface area contributed by atoms with Gasteiger partial charge in [0.1, 0.15) is 11.6 Å². The van der Waals surface area contributed by atoms with Crippen molar-refractivity contribution in [1.29, 1.82) is 0 Å². The van der Waals surface area contributed by atoms with Crippen molar-refractivity contribution in [3.05, 3.63) is 104 Å². The van der Waals surface area contributed by atoms with E-state index in [4.69, 9.17) is 16.0 Å². The van der Waals surface area contributed by atoms with Crippen LogP contribution in [-0.4, -0.2) is 34.1 Å². The van der Waals surface area contributed by atoms with E-state index < -0.39 is 6.10 Å². The first kappa shape index (κ1) is 25.6. The van der Waals surface area contributed by atoms with Crippen molar-refractivity contribution >= 4 is 28.6 Å². The van der Waals surface area contributed by atoms with Gasteiger partial charge < -0.3 is 19.4 Å². The minimum absolute atomic E-state index is 0.0551. The summed E-state index contributed by atoms with van der Waals surface area (Å²) in [5, 5.41) is 14.3. The quantitative estimate of drug-likeness (QED) is 0.355. The molecule has 36 heavy (non-hydrogen) atoms. The summed E-state index contributed by atoms with van der Waals surface area (Å²) in [7, 11) is 3.57. The zero-order valence-corrected chi connectivity index (χ0v) is 20.8. The molecule has 9 heteroatoms. The molecule has 0 radical (unpaired) electrons. The van der Waals surface area contributed by atoms with Crippen LogP contribution in [0.5, 0.6) is 0 Å². The fourth-order valence-electron chi connectivity index (χ4n) is 4.04. The molecule has 0 bridgehead atoms. The predicted octanol–water partition coefficient (Wildman–Crippen LogP) is 3.95. The molecular formula is C27H27ClFN3O4. The van der Waals surface area contributed by atoms with Gasteiger partial charge in [0.05, 0.1) is 24.5 Å². The van der Waals surface area contributed by atoms with Crippen LogP contribution < -0.4 is 10.7 Å². The van der Waals surface area contributed by atoms with Crippen LogP contribution in [0.2, 0.25) is 5.02 Å². The molecule has 0 aliphatic heterocycles. The molecular weight excluding hydrogens is 485 g/mol. The number of carbonyl (C=O) groups is 1. The number of aliphatic hydroxyl groups is 1. The van der Waals surface area contributed by atoms with E-state index in [0.717, 1.165) is 5.56 Å². The molecule has 2 N–H and O–H groups in total. The fraction of sp³-hybridized carbons (Fsp3) is 0.259. The Balaban J connectivity index is 1.42. The first-order chi connectivity index (χ1) is 17.2. The molecule has 0 fully saturated rings. The predicted molar refractivity (Wildman–Crippen MR) is 136 cm³/mol. The van der Waals surface area contributed by atoms with Gasteiger partial charge in [0.15, 0.2) is 5.43 Å². The normalized spacial score (nSPS) is 12.3. The number of furan rings is 1. The maximum atomic E-state index is 13.1. The van der Waals surface area contributed by atoms with Crippen LogP contribution in [0.4, 0.5) is 4.39 Å². The van der Waals surface area contributed by atoms with Crippen molar-refractivity contribution in [2.24, 2.45) is 7.05 Å². The lowest BCUT2D eigenvalue weighted by Gasteiger charge is -2.19. The molecule has 4 aromatic rings. The number of hydrogen-bond acceptors (Lipinski definition) is 5. The highest BCUT2D eigenvalue weighted by molar-refractivity contribution is 6.30. The van der Waals surface area contributed by atoms with E-state index in [9.17, 15) is 19.1 Å². The van der Waals surface area contributed by atoms with Gasteiger partial charge in [-0.25, -0.2) is 4.39 Å². The van der Waals surface area contributed by atoms with E-state index in [0.29, 0.717) is 46.1 Å². The smallest absolute Gasteiger partial charge is 0.224 e. The monoisotopic (exact) mass is 511 g/mol. The lowest BCUT2D eigenvalue weighted by molar-refractivity contribution is -0.120. The SMILES string of the molecule is CN(Cc1cc2c(=O)c(CC(=O)NCc3ccc(Cl)cc3)cn(C)c2o1)CC(O)c1ccc(F)cc1. The minimum Gasteiger partial charge on any atom is -0.443 e. The number of aliphatic hydroxyl groups excluding tert-OH is 1. The second kappa shape index (κ2) is 11.1. The number of fused-ring (bicyclic) bond motifs is 1. The van der Waals surface area contributed by atoms with E-state index >= 15 is 0 Å². The van der Waals surface area contributed by atoms with Crippen LogP contribution in [0.25, 0.3) is 11.1 Å². The largest absolute Gasteiger partial charge is 0.443 e. The number of halogens is 2. The molecule has 0 aliphatic rings. The molecule has 2 aromatic heterocycles. The highest BCUT2D eigenvalue weighted by atomic mass is 35.5. The van der Waals surface area contributed by atoms with Crippen LogP contribution in [-0.2, 0) is 31.4 Å². The molecule has 0 saturated carbocycles. The number of amides is 1. The van der Waals surface area contributed by atoms with E-state index in [-0.39, 0.29) is 30.1 Å². The molecule has 0 spiro atoms. The zero-order valence-electron chi connectivity index (χ0n) is 20.0. The molecule has 188 valence electrons. The van der Waals surface area contributed by atoms with Gasteiger partial charge in [0, 0.05) is 36.9 Å². The third kappa shape index (κ3) is 6.20. The van der Waals surface area contributed by atoms with Crippen molar-refractivity contribution in [2.75, 3.05) is 13.6 Å². The van der Waals surface area contributed by atoms with Gasteiger partial charge in [-0.15, -0.1) is 0 Å². The first-order valence-corrected chi connectivity index (χ1v) is 11.8. The third-order valence-corrected chi connectivity index (χ3v) is 6.14. The van der Waals surface area contributed by atoms with Gasteiger partial charge >= 0.3 is 0 Å². The topological polar surface area (TPSA) is 87.7 Å². The summed E-state index contributed by atoms with van der Waals surface area (Å²) in [5.41, 5.74) is 2.04. The maximum absolute atomic E-state index is 13.1. The standard InChI is InChI=1S/C27H27ClFN3O4/c1-31(16-24(33)18-5-9-21(29)10-6-18)15-22-12-23-26(35)19(14-32(2)27(23)36-22)11-25(34)30-13-17-3-7-20(28)8-4-17/h3-10,12,14,24,33H,11,13,15-16H2,1-2H3,(H,30,34). The molecule has 0 saturated heterocycles. The molecule has 7 nitrogen and oxygen atoms in total. The molecule has 1 unspecified atom stereocenters. The summed E-state index contributed by atoms with van der Waals surface area (Å²) < 4.78 is 20.7. The van der Waals surface area contributed by atoms with Crippen molar-refractivity contribution in [2.45, 2.75) is 25.6 Å². The number of hydrogen-bond donors (Lipinski definition) is 2. The first-order valence-electron chi connectivity index (χ1n) is 11.4. The van der Waals surface area contributed by atoms with Gasteiger partial charge in [-0.3, -0.25) is 14.5 Å². The maximum Gasteiger partial charge on any atom is 0.224 e. The number of nitrogens with zero attached hydrogens (tertiary/aromatic N) is 2. The minimum atomic E-state index is -0.802. The summed E-state index contributed by atoms with van der Waals surface area (Å²) in [6.07, 6.45) is 0.756. The van der Waals surface area contributed by atoms with Crippen LogP contribution >= 0.6 is 11.6 Å². The second-order valence-electron chi connectivity index (χ2n) is 8.87. The Labute approximate surface area is 212 Å². The van der Waals surface area contributed by atoms with Crippen molar-refractivity contribution in [3.8, 4) is 0 Å². The van der Waals surface area contributed by atoms with Gasteiger partial charge in [-0.2, -0.15) is 0 Å². The van der Waals surface area contributed by atoms with Crippen LogP contribution in [0.3, 0.4) is 0 Å². The Bertz CT molecular complexity index is 1410. The fourth-order valence-corrected chi connectivity index (χ4v) is 4.16. The van der Waals surface area contributed by atoms with E-state index in [1.54, 1.807) is 48.1 Å². The van der Waals surface area contributed by atoms with Crippen LogP contribution in [0.1, 0.15) is 28.6 Å². The van der Waals surface area contributed by atoms with E-state index in [1.807, 2.05) is 24.1 Å².